The highest BCUT2D eigenvalue weighted by atomic mass is 35.5. The van der Waals surface area contributed by atoms with Crippen LogP contribution in [0.4, 0.5) is 5.69 Å². The average molecular weight is 329 g/mol. The molecule has 2 rings (SSSR count). The van der Waals surface area contributed by atoms with E-state index < -0.39 is 0 Å². The molecule has 1 atom stereocenters. The first-order valence-corrected chi connectivity index (χ1v) is 7.76. The Labute approximate surface area is 141 Å². The molecule has 0 heterocycles. The van der Waals surface area contributed by atoms with E-state index in [1.54, 1.807) is 0 Å². The molecule has 0 spiro atoms. The van der Waals surface area contributed by atoms with Gasteiger partial charge in [0, 0.05) is 16.3 Å². The highest BCUT2D eigenvalue weighted by Gasteiger charge is 2.11. The number of hydrogen-bond donors (Lipinski definition) is 2. The van der Waals surface area contributed by atoms with Crippen molar-refractivity contribution in [2.24, 2.45) is 0 Å². The Morgan fingerprint density at radius 2 is 1.96 bits per heavy atom. The molecule has 1 amide bonds. The van der Waals surface area contributed by atoms with Gasteiger partial charge in [0.15, 0.2) is 6.54 Å². The minimum absolute atomic E-state index is 0.0439. The largest absolute Gasteiger partial charge is 0.326 e. The molecule has 23 heavy (non-hydrogen) atoms. The van der Waals surface area contributed by atoms with E-state index in [4.69, 9.17) is 16.9 Å². The highest BCUT2D eigenvalue weighted by Crippen LogP contribution is 2.10. The number of nitrogens with zero attached hydrogens (tertiary/aromatic N) is 1. The topological polar surface area (TPSA) is 57.3 Å². The molecule has 0 aliphatic carbocycles. The summed E-state index contributed by atoms with van der Waals surface area (Å²) < 4.78 is 0. The smallest absolute Gasteiger partial charge is 0.279 e. The lowest BCUT2D eigenvalue weighted by molar-refractivity contribution is -0.885. The number of nitriles is 1. The Morgan fingerprint density at radius 1 is 1.22 bits per heavy atom. The second kappa shape index (κ2) is 8.33. The zero-order valence-electron chi connectivity index (χ0n) is 13.0. The van der Waals surface area contributed by atoms with Crippen molar-refractivity contribution in [2.75, 3.05) is 18.9 Å². The summed E-state index contributed by atoms with van der Waals surface area (Å²) in [4.78, 5) is 13.2. The summed E-state index contributed by atoms with van der Waals surface area (Å²) in [5.41, 5.74) is 2.78. The number of rotatable bonds is 6. The first-order chi connectivity index (χ1) is 11.1. The summed E-state index contributed by atoms with van der Waals surface area (Å²) in [7, 11) is 1.97. The summed E-state index contributed by atoms with van der Waals surface area (Å²) in [5.74, 6) is -0.0439. The van der Waals surface area contributed by atoms with Crippen LogP contribution in [0.1, 0.15) is 11.1 Å². The normalized spacial score (nSPS) is 11.5. The number of quaternary nitrogens is 1. The molecule has 118 valence electrons. The quantitative estimate of drug-likeness (QED) is 0.852. The van der Waals surface area contributed by atoms with Crippen molar-refractivity contribution < 1.29 is 9.69 Å². The maximum atomic E-state index is 12.1. The van der Waals surface area contributed by atoms with Gasteiger partial charge in [0.05, 0.1) is 19.5 Å². The summed E-state index contributed by atoms with van der Waals surface area (Å²) in [6.45, 7) is 1.10. The Kier molecular flexibility index (Phi) is 6.16. The van der Waals surface area contributed by atoms with Crippen LogP contribution in [0, 0.1) is 11.3 Å². The lowest BCUT2D eigenvalue weighted by Gasteiger charge is -2.14. The fourth-order valence-electron chi connectivity index (χ4n) is 2.33. The summed E-state index contributed by atoms with van der Waals surface area (Å²) in [6.07, 6.45) is 0.376. The predicted octanol–water partition coefficient (Wildman–Crippen LogP) is 2.06. The Hall–Kier alpha value is -2.35. The van der Waals surface area contributed by atoms with Crippen LogP contribution in [0.15, 0.2) is 48.5 Å². The zero-order valence-corrected chi connectivity index (χ0v) is 13.7. The molecular weight excluding hydrogens is 310 g/mol. The number of carbonyl (C=O) groups is 1. The van der Waals surface area contributed by atoms with Crippen molar-refractivity contribution in [1.29, 1.82) is 5.26 Å². The molecule has 0 aliphatic rings. The van der Waals surface area contributed by atoms with Gasteiger partial charge in [0.25, 0.3) is 5.91 Å². The molecule has 5 heteroatoms. The van der Waals surface area contributed by atoms with Gasteiger partial charge >= 0.3 is 0 Å². The van der Waals surface area contributed by atoms with Gasteiger partial charge in [0.2, 0.25) is 0 Å². The van der Waals surface area contributed by atoms with Gasteiger partial charge in [-0.25, -0.2) is 0 Å². The van der Waals surface area contributed by atoms with Crippen molar-refractivity contribution >= 4 is 23.2 Å². The molecule has 2 aromatic carbocycles. The van der Waals surface area contributed by atoms with E-state index in [1.807, 2.05) is 55.6 Å². The van der Waals surface area contributed by atoms with Crippen LogP contribution in [0.5, 0.6) is 0 Å². The predicted molar refractivity (Wildman–Crippen MR) is 91.3 cm³/mol. The maximum absolute atomic E-state index is 12.1. The highest BCUT2D eigenvalue weighted by molar-refractivity contribution is 6.30. The average Bonchev–Trinajstić information content (AvgIpc) is 2.49. The fraction of sp³-hybridized carbons (Fsp3) is 0.222. The number of carbonyl (C=O) groups excluding carboxylic acids is 1. The van der Waals surface area contributed by atoms with Gasteiger partial charge in [-0.05, 0) is 29.8 Å². The van der Waals surface area contributed by atoms with Crippen molar-refractivity contribution in [2.45, 2.75) is 13.0 Å². The second-order valence-electron chi connectivity index (χ2n) is 5.52. The number of nitrogens with one attached hydrogen (secondary N) is 2. The standard InChI is InChI=1S/C18H18ClN3O/c1-22(12-15-3-2-4-16(19)11-15)13-18(23)21-17-7-5-14(6-8-17)9-10-20/h2-8,11H,9,12-13H2,1H3,(H,21,23)/p+1. The van der Waals surface area contributed by atoms with Crippen molar-refractivity contribution in [3.8, 4) is 6.07 Å². The fourth-order valence-corrected chi connectivity index (χ4v) is 2.55. The Bertz CT molecular complexity index is 707. The van der Waals surface area contributed by atoms with Crippen LogP contribution in [0.25, 0.3) is 0 Å². The first kappa shape index (κ1) is 17.0. The first-order valence-electron chi connectivity index (χ1n) is 7.38. The van der Waals surface area contributed by atoms with Gasteiger partial charge in [-0.15, -0.1) is 0 Å². The molecule has 2 N–H and O–H groups in total. The summed E-state index contributed by atoms with van der Waals surface area (Å²) >= 11 is 5.97. The minimum atomic E-state index is -0.0439. The van der Waals surface area contributed by atoms with Gasteiger partial charge in [-0.3, -0.25) is 4.79 Å². The van der Waals surface area contributed by atoms with Crippen molar-refractivity contribution in [3.05, 3.63) is 64.7 Å². The van der Waals surface area contributed by atoms with Crippen LogP contribution in [0.3, 0.4) is 0 Å². The monoisotopic (exact) mass is 328 g/mol. The molecule has 4 nitrogen and oxygen atoms in total. The van der Waals surface area contributed by atoms with Crippen LogP contribution in [-0.2, 0) is 17.8 Å². The second-order valence-corrected chi connectivity index (χ2v) is 5.96. The molecule has 0 bridgehead atoms. The number of hydrogen-bond acceptors (Lipinski definition) is 2. The number of anilines is 1. The van der Waals surface area contributed by atoms with Crippen molar-refractivity contribution in [3.63, 3.8) is 0 Å². The van der Waals surface area contributed by atoms with Crippen molar-refractivity contribution in [1.82, 2.24) is 0 Å². The molecule has 0 aliphatic heterocycles. The van der Waals surface area contributed by atoms with Crippen LogP contribution in [-0.4, -0.2) is 19.5 Å². The molecule has 0 aromatic heterocycles. The van der Waals surface area contributed by atoms with Crippen LogP contribution in [0.2, 0.25) is 5.02 Å². The van der Waals surface area contributed by atoms with E-state index in [0.29, 0.717) is 18.0 Å². The number of benzene rings is 2. The van der Waals surface area contributed by atoms with Crippen LogP contribution >= 0.6 is 11.6 Å². The zero-order chi connectivity index (χ0) is 16.7. The third kappa shape index (κ3) is 5.74. The lowest BCUT2D eigenvalue weighted by Crippen LogP contribution is -3.08. The van der Waals surface area contributed by atoms with E-state index in [9.17, 15) is 4.79 Å². The molecule has 0 saturated carbocycles. The number of likely N-dealkylation sites (N-methyl/N-ethyl adjacent to an activating group) is 1. The van der Waals surface area contributed by atoms with E-state index in [1.165, 1.54) is 0 Å². The third-order valence-corrected chi connectivity index (χ3v) is 3.61. The molecular formula is C18H19ClN3O+. The lowest BCUT2D eigenvalue weighted by atomic mass is 10.1. The van der Waals surface area contributed by atoms with E-state index in [0.717, 1.165) is 28.3 Å². The maximum Gasteiger partial charge on any atom is 0.279 e. The summed E-state index contributed by atoms with van der Waals surface area (Å²) in [6, 6.07) is 17.1. The summed E-state index contributed by atoms with van der Waals surface area (Å²) in [5, 5.41) is 12.2. The van der Waals surface area contributed by atoms with Gasteiger partial charge in [0.1, 0.15) is 6.54 Å². The van der Waals surface area contributed by atoms with E-state index >= 15 is 0 Å². The molecule has 0 fully saturated rings. The molecule has 2 aromatic rings. The van der Waals surface area contributed by atoms with Gasteiger partial charge in [-0.2, -0.15) is 5.26 Å². The molecule has 1 unspecified atom stereocenters. The molecule has 0 radical (unpaired) electrons. The van der Waals surface area contributed by atoms with Gasteiger partial charge in [-0.1, -0.05) is 35.9 Å². The van der Waals surface area contributed by atoms with Crippen LogP contribution < -0.4 is 10.2 Å². The number of halogens is 1. The number of amides is 1. The van der Waals surface area contributed by atoms with Gasteiger partial charge < -0.3 is 10.2 Å². The minimum Gasteiger partial charge on any atom is -0.326 e. The van der Waals surface area contributed by atoms with E-state index in [-0.39, 0.29) is 5.91 Å². The molecule has 0 saturated heterocycles. The third-order valence-electron chi connectivity index (χ3n) is 3.38. The Balaban J connectivity index is 1.85. The Morgan fingerprint density at radius 3 is 2.61 bits per heavy atom. The van der Waals surface area contributed by atoms with E-state index in [2.05, 4.69) is 11.4 Å². The SMILES string of the molecule is C[NH+](CC(=O)Nc1ccc(CC#N)cc1)Cc1cccc(Cl)c1.